The summed E-state index contributed by atoms with van der Waals surface area (Å²) in [5, 5.41) is 13.6. The van der Waals surface area contributed by atoms with E-state index >= 15 is 0 Å². The highest BCUT2D eigenvalue weighted by Gasteiger charge is 2.15. The van der Waals surface area contributed by atoms with E-state index in [1.807, 2.05) is 6.92 Å². The summed E-state index contributed by atoms with van der Waals surface area (Å²) in [5.41, 5.74) is 0.467. The lowest BCUT2D eigenvalue weighted by atomic mass is 10.2. The summed E-state index contributed by atoms with van der Waals surface area (Å²) in [6.07, 6.45) is 2.18. The minimum atomic E-state index is -0.607. The SMILES string of the molecule is C[C@H](NC(=O)CCCn1c(=O)oc2cc([N+](=O)[O-])ccc21)c1ccco1. The Morgan fingerprint density at radius 3 is 2.88 bits per heavy atom. The lowest BCUT2D eigenvalue weighted by Crippen LogP contribution is -2.26. The number of amides is 1. The first-order valence-electron chi connectivity index (χ1n) is 8.06. The summed E-state index contributed by atoms with van der Waals surface area (Å²) in [6, 6.07) is 7.28. The zero-order chi connectivity index (χ0) is 18.7. The topological polar surface area (TPSA) is 121 Å². The number of rotatable bonds is 7. The molecule has 1 atom stereocenters. The number of aryl methyl sites for hydroxylation is 1. The van der Waals surface area contributed by atoms with Crippen LogP contribution in [0.5, 0.6) is 0 Å². The van der Waals surface area contributed by atoms with Crippen molar-refractivity contribution in [3.63, 3.8) is 0 Å². The van der Waals surface area contributed by atoms with Gasteiger partial charge in [0.15, 0.2) is 5.58 Å². The molecule has 0 aliphatic heterocycles. The second-order valence-corrected chi connectivity index (χ2v) is 5.84. The minimum absolute atomic E-state index is 0.148. The Labute approximate surface area is 147 Å². The van der Waals surface area contributed by atoms with Gasteiger partial charge in [-0.2, -0.15) is 0 Å². The van der Waals surface area contributed by atoms with Crippen LogP contribution in [0, 0.1) is 10.1 Å². The third kappa shape index (κ3) is 3.66. The van der Waals surface area contributed by atoms with Crippen LogP contribution in [0.3, 0.4) is 0 Å². The molecule has 2 heterocycles. The van der Waals surface area contributed by atoms with Crippen LogP contribution in [0.1, 0.15) is 31.6 Å². The van der Waals surface area contributed by atoms with Gasteiger partial charge in [0.2, 0.25) is 5.91 Å². The number of hydrogen-bond donors (Lipinski definition) is 1. The molecule has 0 spiro atoms. The molecule has 3 rings (SSSR count). The van der Waals surface area contributed by atoms with E-state index in [0.717, 1.165) is 0 Å². The van der Waals surface area contributed by atoms with Gasteiger partial charge in [-0.05, 0) is 31.5 Å². The van der Waals surface area contributed by atoms with Crippen molar-refractivity contribution in [2.45, 2.75) is 32.4 Å². The number of nitro groups is 1. The summed E-state index contributed by atoms with van der Waals surface area (Å²) in [6.45, 7) is 2.09. The molecule has 0 saturated carbocycles. The number of aromatic nitrogens is 1. The first-order valence-corrected chi connectivity index (χ1v) is 8.06. The van der Waals surface area contributed by atoms with Crippen LogP contribution in [-0.4, -0.2) is 15.4 Å². The average molecular weight is 359 g/mol. The van der Waals surface area contributed by atoms with Crippen molar-refractivity contribution >= 4 is 22.7 Å². The van der Waals surface area contributed by atoms with Crippen LogP contribution in [0.15, 0.2) is 50.2 Å². The standard InChI is InChI=1S/C17H17N3O6/c1-11(14-4-3-9-25-14)18-16(21)5-2-8-19-13-7-6-12(20(23)24)10-15(13)26-17(19)22/h3-4,6-7,9-11H,2,5,8H2,1H3,(H,18,21)/t11-/m0/s1. The van der Waals surface area contributed by atoms with E-state index in [2.05, 4.69) is 5.32 Å². The van der Waals surface area contributed by atoms with Gasteiger partial charge in [0.05, 0.1) is 28.8 Å². The van der Waals surface area contributed by atoms with Gasteiger partial charge in [0, 0.05) is 19.0 Å². The fraction of sp³-hybridized carbons (Fsp3) is 0.294. The van der Waals surface area contributed by atoms with Gasteiger partial charge >= 0.3 is 5.76 Å². The molecular weight excluding hydrogens is 342 g/mol. The Bertz CT molecular complexity index is 986. The molecule has 0 unspecified atom stereocenters. The van der Waals surface area contributed by atoms with Gasteiger partial charge in [-0.1, -0.05) is 0 Å². The van der Waals surface area contributed by atoms with E-state index in [4.69, 9.17) is 8.83 Å². The molecule has 2 aromatic heterocycles. The highest BCUT2D eigenvalue weighted by Crippen LogP contribution is 2.20. The number of nitrogens with zero attached hydrogens (tertiary/aromatic N) is 2. The van der Waals surface area contributed by atoms with Crippen LogP contribution in [0.2, 0.25) is 0 Å². The molecule has 0 fully saturated rings. The number of carbonyl (C=O) groups is 1. The molecule has 0 aliphatic carbocycles. The lowest BCUT2D eigenvalue weighted by molar-refractivity contribution is -0.384. The lowest BCUT2D eigenvalue weighted by Gasteiger charge is -2.11. The third-order valence-corrected chi connectivity index (χ3v) is 4.00. The van der Waals surface area contributed by atoms with E-state index < -0.39 is 10.7 Å². The number of oxazole rings is 1. The molecule has 0 saturated heterocycles. The van der Waals surface area contributed by atoms with Crippen LogP contribution in [-0.2, 0) is 11.3 Å². The number of furan rings is 1. The van der Waals surface area contributed by atoms with Gasteiger partial charge < -0.3 is 14.2 Å². The summed E-state index contributed by atoms with van der Waals surface area (Å²) >= 11 is 0. The first-order chi connectivity index (χ1) is 12.5. The van der Waals surface area contributed by atoms with Crippen molar-refractivity contribution < 1.29 is 18.6 Å². The number of carbonyl (C=O) groups excluding carboxylic acids is 1. The normalized spacial score (nSPS) is 12.2. The maximum atomic E-state index is 12.0. The second kappa shape index (κ2) is 7.26. The number of hydrogen-bond acceptors (Lipinski definition) is 6. The van der Waals surface area contributed by atoms with Gasteiger partial charge in [0.25, 0.3) is 5.69 Å². The number of fused-ring (bicyclic) bond motifs is 1. The summed E-state index contributed by atoms with van der Waals surface area (Å²) < 4.78 is 11.6. The molecule has 136 valence electrons. The van der Waals surface area contributed by atoms with Crippen LogP contribution >= 0.6 is 0 Å². The average Bonchev–Trinajstić information content (AvgIpc) is 3.22. The Morgan fingerprint density at radius 2 is 2.19 bits per heavy atom. The number of nitro benzene ring substituents is 1. The maximum Gasteiger partial charge on any atom is 0.419 e. The molecule has 0 radical (unpaired) electrons. The highest BCUT2D eigenvalue weighted by molar-refractivity contribution is 5.77. The minimum Gasteiger partial charge on any atom is -0.467 e. The number of non-ortho nitro benzene ring substituents is 1. The second-order valence-electron chi connectivity index (χ2n) is 5.84. The molecule has 1 aromatic carbocycles. The summed E-state index contributed by atoms with van der Waals surface area (Å²) in [7, 11) is 0. The summed E-state index contributed by atoms with van der Waals surface area (Å²) in [5.74, 6) is -0.104. The van der Waals surface area contributed by atoms with Gasteiger partial charge in [-0.25, -0.2) is 4.79 Å². The molecule has 0 bridgehead atoms. The molecule has 9 heteroatoms. The predicted octanol–water partition coefficient (Wildman–Crippen LogP) is 2.75. The molecule has 1 N–H and O–H groups in total. The Hall–Kier alpha value is -3.36. The Balaban J connectivity index is 1.61. The zero-order valence-corrected chi connectivity index (χ0v) is 14.0. The molecule has 26 heavy (non-hydrogen) atoms. The van der Waals surface area contributed by atoms with Gasteiger partial charge in [0.1, 0.15) is 5.76 Å². The van der Waals surface area contributed by atoms with E-state index in [1.54, 1.807) is 18.4 Å². The van der Waals surface area contributed by atoms with Crippen LogP contribution < -0.4 is 11.1 Å². The molecule has 1 amide bonds. The quantitative estimate of drug-likeness (QED) is 0.511. The van der Waals surface area contributed by atoms with Crippen LogP contribution in [0.25, 0.3) is 11.1 Å². The van der Waals surface area contributed by atoms with Crippen molar-refractivity contribution in [1.82, 2.24) is 9.88 Å². The van der Waals surface area contributed by atoms with Gasteiger partial charge in [-0.15, -0.1) is 0 Å². The highest BCUT2D eigenvalue weighted by atomic mass is 16.6. The Morgan fingerprint density at radius 1 is 1.38 bits per heavy atom. The number of nitrogens with one attached hydrogen (secondary N) is 1. The van der Waals surface area contributed by atoms with E-state index in [1.165, 1.54) is 22.8 Å². The summed E-state index contributed by atoms with van der Waals surface area (Å²) in [4.78, 5) is 34.2. The van der Waals surface area contributed by atoms with E-state index in [0.29, 0.717) is 17.7 Å². The predicted molar refractivity (Wildman–Crippen MR) is 91.6 cm³/mol. The first kappa shape index (κ1) is 17.5. The number of benzene rings is 1. The van der Waals surface area contributed by atoms with Crippen molar-refractivity contribution in [2.75, 3.05) is 0 Å². The molecular formula is C17H17N3O6. The zero-order valence-electron chi connectivity index (χ0n) is 14.0. The smallest absolute Gasteiger partial charge is 0.419 e. The molecule has 0 aliphatic rings. The maximum absolute atomic E-state index is 12.0. The fourth-order valence-electron chi connectivity index (χ4n) is 2.70. The van der Waals surface area contributed by atoms with E-state index in [-0.39, 0.29) is 36.2 Å². The van der Waals surface area contributed by atoms with Crippen molar-refractivity contribution in [3.05, 3.63) is 63.0 Å². The fourth-order valence-corrected chi connectivity index (χ4v) is 2.70. The van der Waals surface area contributed by atoms with Crippen molar-refractivity contribution in [3.8, 4) is 0 Å². The molecule has 3 aromatic rings. The van der Waals surface area contributed by atoms with Gasteiger partial charge in [-0.3, -0.25) is 19.5 Å². The Kier molecular flexibility index (Phi) is 4.87. The monoisotopic (exact) mass is 359 g/mol. The third-order valence-electron chi connectivity index (χ3n) is 4.00. The molecule has 9 nitrogen and oxygen atoms in total. The van der Waals surface area contributed by atoms with Crippen molar-refractivity contribution in [2.24, 2.45) is 0 Å². The van der Waals surface area contributed by atoms with E-state index in [9.17, 15) is 19.7 Å². The van der Waals surface area contributed by atoms with Crippen molar-refractivity contribution in [1.29, 1.82) is 0 Å². The largest absolute Gasteiger partial charge is 0.467 e. The van der Waals surface area contributed by atoms with Crippen LogP contribution in [0.4, 0.5) is 5.69 Å².